The highest BCUT2D eigenvalue weighted by atomic mass is 32.2. The molecule has 0 radical (unpaired) electrons. The van der Waals surface area contributed by atoms with Gasteiger partial charge in [-0.25, -0.2) is 0 Å². The number of nitrogens with two attached hydrogens (primary N) is 1. The Morgan fingerprint density at radius 1 is 1.41 bits per heavy atom. The summed E-state index contributed by atoms with van der Waals surface area (Å²) in [4.78, 5) is 13.2. The zero-order chi connectivity index (χ0) is 12.3. The molecule has 1 aromatic carbocycles. The first-order chi connectivity index (χ1) is 8.22. The molecule has 0 heterocycles. The summed E-state index contributed by atoms with van der Waals surface area (Å²) in [5.74, 6) is -0.00250. The predicted molar refractivity (Wildman–Crippen MR) is 71.3 cm³/mol. The molecular weight excluding hydrogens is 232 g/mol. The van der Waals surface area contributed by atoms with Crippen molar-refractivity contribution < 1.29 is 4.79 Å². The topological polar surface area (TPSA) is 55.1 Å². The van der Waals surface area contributed by atoms with E-state index in [1.807, 2.05) is 30.5 Å². The van der Waals surface area contributed by atoms with Crippen LogP contribution in [0.25, 0.3) is 0 Å². The van der Waals surface area contributed by atoms with E-state index in [0.717, 1.165) is 29.7 Å². The third-order valence-corrected chi connectivity index (χ3v) is 4.03. The quantitative estimate of drug-likeness (QED) is 0.807. The lowest BCUT2D eigenvalue weighted by Gasteiger charge is -2.18. The molecule has 3 N–H and O–H groups in total. The zero-order valence-electron chi connectivity index (χ0n) is 9.98. The van der Waals surface area contributed by atoms with Crippen LogP contribution in [-0.4, -0.2) is 24.2 Å². The molecule has 2 rings (SSSR count). The van der Waals surface area contributed by atoms with Crippen LogP contribution in [0.1, 0.15) is 29.6 Å². The highest BCUT2D eigenvalue weighted by Gasteiger charge is 2.26. The molecule has 0 spiro atoms. The summed E-state index contributed by atoms with van der Waals surface area (Å²) in [5, 5.41) is 3.04. The molecule has 0 saturated heterocycles. The maximum atomic E-state index is 12.1. The predicted octanol–water partition coefficient (Wildman–Crippen LogP) is 2.02. The van der Waals surface area contributed by atoms with Crippen LogP contribution >= 0.6 is 11.8 Å². The van der Waals surface area contributed by atoms with Gasteiger partial charge in [0.05, 0.1) is 5.56 Å². The lowest BCUT2D eigenvalue weighted by atomic mass is 10.1. The Morgan fingerprint density at radius 3 is 2.82 bits per heavy atom. The van der Waals surface area contributed by atoms with Gasteiger partial charge >= 0.3 is 0 Å². The summed E-state index contributed by atoms with van der Waals surface area (Å²) < 4.78 is 0. The van der Waals surface area contributed by atoms with E-state index in [1.54, 1.807) is 11.8 Å². The number of amides is 1. The lowest BCUT2D eigenvalue weighted by Crippen LogP contribution is -2.44. The average Bonchev–Trinajstić information content (AvgIpc) is 2.75. The van der Waals surface area contributed by atoms with Crippen molar-refractivity contribution in [3.8, 4) is 0 Å². The second-order valence-corrected chi connectivity index (χ2v) is 5.22. The Bertz CT molecular complexity index is 408. The minimum Gasteiger partial charge on any atom is -0.348 e. The van der Waals surface area contributed by atoms with Crippen molar-refractivity contribution in [2.75, 3.05) is 6.26 Å². The second-order valence-electron chi connectivity index (χ2n) is 4.37. The molecule has 1 aliphatic rings. The number of hydrogen-bond acceptors (Lipinski definition) is 3. The largest absolute Gasteiger partial charge is 0.348 e. The summed E-state index contributed by atoms with van der Waals surface area (Å²) in [6.07, 6.45) is 5.09. The zero-order valence-corrected chi connectivity index (χ0v) is 10.8. The van der Waals surface area contributed by atoms with Crippen LogP contribution in [0.3, 0.4) is 0 Å². The standard InChI is InChI=1S/C13H18N2OS/c1-17-12-8-3-2-5-9(12)13(16)15-11-7-4-6-10(11)14/h2-3,5,8,10-11H,4,6-7,14H2,1H3,(H,15,16). The number of rotatable bonds is 3. The van der Waals surface area contributed by atoms with Crippen molar-refractivity contribution in [3.63, 3.8) is 0 Å². The molecule has 92 valence electrons. The van der Waals surface area contributed by atoms with Crippen molar-refractivity contribution in [3.05, 3.63) is 29.8 Å². The summed E-state index contributed by atoms with van der Waals surface area (Å²) in [7, 11) is 0. The molecule has 1 saturated carbocycles. The van der Waals surface area contributed by atoms with Crippen LogP contribution in [0.15, 0.2) is 29.2 Å². The van der Waals surface area contributed by atoms with Crippen molar-refractivity contribution in [2.45, 2.75) is 36.2 Å². The van der Waals surface area contributed by atoms with E-state index in [2.05, 4.69) is 5.32 Å². The number of carbonyl (C=O) groups excluding carboxylic acids is 1. The van der Waals surface area contributed by atoms with Crippen LogP contribution in [0.2, 0.25) is 0 Å². The van der Waals surface area contributed by atoms with Crippen LogP contribution in [-0.2, 0) is 0 Å². The summed E-state index contributed by atoms with van der Waals surface area (Å²) in [6.45, 7) is 0. The van der Waals surface area contributed by atoms with Gasteiger partial charge in [-0.2, -0.15) is 0 Å². The van der Waals surface area contributed by atoms with E-state index < -0.39 is 0 Å². The van der Waals surface area contributed by atoms with Gasteiger partial charge in [-0.15, -0.1) is 11.8 Å². The Morgan fingerprint density at radius 2 is 2.18 bits per heavy atom. The molecular formula is C13H18N2OS. The van der Waals surface area contributed by atoms with E-state index in [9.17, 15) is 4.79 Å². The monoisotopic (exact) mass is 250 g/mol. The smallest absolute Gasteiger partial charge is 0.252 e. The van der Waals surface area contributed by atoms with Crippen molar-refractivity contribution >= 4 is 17.7 Å². The molecule has 1 aliphatic carbocycles. The van der Waals surface area contributed by atoms with E-state index in [0.29, 0.717) is 0 Å². The molecule has 1 amide bonds. The number of hydrogen-bond donors (Lipinski definition) is 2. The third-order valence-electron chi connectivity index (χ3n) is 3.24. The van der Waals surface area contributed by atoms with Crippen LogP contribution in [0, 0.1) is 0 Å². The lowest BCUT2D eigenvalue weighted by molar-refractivity contribution is 0.0931. The molecule has 1 aromatic rings. The maximum absolute atomic E-state index is 12.1. The SMILES string of the molecule is CSc1ccccc1C(=O)NC1CCCC1N. The second kappa shape index (κ2) is 5.56. The first-order valence-corrected chi connectivity index (χ1v) is 7.14. The first-order valence-electron chi connectivity index (χ1n) is 5.92. The van der Waals surface area contributed by atoms with Gasteiger partial charge in [-0.05, 0) is 37.7 Å². The Kier molecular flexibility index (Phi) is 4.07. The van der Waals surface area contributed by atoms with Crippen LogP contribution in [0.4, 0.5) is 0 Å². The Balaban J connectivity index is 2.09. The van der Waals surface area contributed by atoms with Crippen molar-refractivity contribution in [1.82, 2.24) is 5.32 Å². The van der Waals surface area contributed by atoms with Gasteiger partial charge in [-0.1, -0.05) is 12.1 Å². The highest BCUT2D eigenvalue weighted by molar-refractivity contribution is 7.98. The minimum atomic E-state index is -0.00250. The maximum Gasteiger partial charge on any atom is 0.252 e. The number of carbonyl (C=O) groups is 1. The fraction of sp³-hybridized carbons (Fsp3) is 0.462. The van der Waals surface area contributed by atoms with Gasteiger partial charge < -0.3 is 11.1 Å². The van der Waals surface area contributed by atoms with Gasteiger partial charge in [0.2, 0.25) is 0 Å². The molecule has 1 fully saturated rings. The summed E-state index contributed by atoms with van der Waals surface area (Å²) in [5.41, 5.74) is 6.71. The van der Waals surface area contributed by atoms with Crippen molar-refractivity contribution in [1.29, 1.82) is 0 Å². The molecule has 4 heteroatoms. The number of nitrogens with one attached hydrogen (secondary N) is 1. The fourth-order valence-corrected chi connectivity index (χ4v) is 2.84. The molecule has 2 unspecified atom stereocenters. The fourth-order valence-electron chi connectivity index (χ4n) is 2.25. The summed E-state index contributed by atoms with van der Waals surface area (Å²) >= 11 is 1.59. The van der Waals surface area contributed by atoms with E-state index >= 15 is 0 Å². The van der Waals surface area contributed by atoms with E-state index in [4.69, 9.17) is 5.73 Å². The summed E-state index contributed by atoms with van der Waals surface area (Å²) in [6, 6.07) is 7.92. The first kappa shape index (κ1) is 12.5. The molecule has 0 aliphatic heterocycles. The molecule has 0 bridgehead atoms. The van der Waals surface area contributed by atoms with Crippen LogP contribution < -0.4 is 11.1 Å². The van der Waals surface area contributed by atoms with Gasteiger partial charge in [0, 0.05) is 17.0 Å². The Hall–Kier alpha value is -1.00. The molecule has 0 aromatic heterocycles. The molecule has 17 heavy (non-hydrogen) atoms. The van der Waals surface area contributed by atoms with Gasteiger partial charge in [-0.3, -0.25) is 4.79 Å². The average molecular weight is 250 g/mol. The normalized spacial score (nSPS) is 23.6. The van der Waals surface area contributed by atoms with E-state index in [1.165, 1.54) is 0 Å². The third kappa shape index (κ3) is 2.82. The van der Waals surface area contributed by atoms with Gasteiger partial charge in [0.15, 0.2) is 0 Å². The molecule has 2 atom stereocenters. The number of benzene rings is 1. The van der Waals surface area contributed by atoms with E-state index in [-0.39, 0.29) is 18.0 Å². The highest BCUT2D eigenvalue weighted by Crippen LogP contribution is 2.21. The van der Waals surface area contributed by atoms with Gasteiger partial charge in [0.25, 0.3) is 5.91 Å². The Labute approximate surface area is 106 Å². The minimum absolute atomic E-state index is 0.00250. The van der Waals surface area contributed by atoms with Crippen molar-refractivity contribution in [2.24, 2.45) is 5.73 Å². The number of thioether (sulfide) groups is 1. The van der Waals surface area contributed by atoms with Gasteiger partial charge in [0.1, 0.15) is 0 Å². The van der Waals surface area contributed by atoms with Crippen LogP contribution in [0.5, 0.6) is 0 Å². The molecule has 3 nitrogen and oxygen atoms in total.